The highest BCUT2D eigenvalue weighted by molar-refractivity contribution is 5.71. The van der Waals surface area contributed by atoms with E-state index >= 15 is 0 Å². The first-order valence-corrected chi connectivity index (χ1v) is 4.32. The van der Waals surface area contributed by atoms with E-state index in [1.165, 1.54) is 6.92 Å². The molecular formula is C8H13F3O4. The van der Waals surface area contributed by atoms with Crippen molar-refractivity contribution in [3.05, 3.63) is 0 Å². The largest absolute Gasteiger partial charge is 0.479 e. The molecule has 0 aromatic rings. The molecule has 4 nitrogen and oxygen atoms in total. The second kappa shape index (κ2) is 6.62. The number of alkyl halides is 3. The van der Waals surface area contributed by atoms with E-state index in [2.05, 4.69) is 4.74 Å². The topological polar surface area (TPSA) is 55.8 Å². The van der Waals surface area contributed by atoms with E-state index in [4.69, 9.17) is 9.84 Å². The molecule has 1 N–H and O–H groups in total. The number of rotatable bonds is 7. The van der Waals surface area contributed by atoms with Crippen LogP contribution in [0.25, 0.3) is 0 Å². The van der Waals surface area contributed by atoms with Gasteiger partial charge in [0.25, 0.3) is 0 Å². The van der Waals surface area contributed by atoms with Crippen LogP contribution in [-0.4, -0.2) is 43.2 Å². The first-order valence-electron chi connectivity index (χ1n) is 4.32. The van der Waals surface area contributed by atoms with Crippen LogP contribution in [0.5, 0.6) is 0 Å². The van der Waals surface area contributed by atoms with Crippen LogP contribution in [0, 0.1) is 0 Å². The van der Waals surface area contributed by atoms with Crippen molar-refractivity contribution >= 4 is 5.97 Å². The van der Waals surface area contributed by atoms with E-state index in [-0.39, 0.29) is 19.6 Å². The van der Waals surface area contributed by atoms with Crippen molar-refractivity contribution in [3.8, 4) is 0 Å². The molecule has 7 heteroatoms. The maximum absolute atomic E-state index is 11.6. The highest BCUT2D eigenvalue weighted by Crippen LogP contribution is 2.14. The van der Waals surface area contributed by atoms with Crippen LogP contribution in [0.2, 0.25) is 0 Å². The quantitative estimate of drug-likeness (QED) is 0.672. The van der Waals surface area contributed by atoms with Gasteiger partial charge >= 0.3 is 12.1 Å². The number of carboxylic acids is 1. The summed E-state index contributed by atoms with van der Waals surface area (Å²) in [5.74, 6) is -1.11. The predicted octanol–water partition coefficient (Wildman–Crippen LogP) is 1.45. The third-order valence-corrected chi connectivity index (χ3v) is 1.41. The Kier molecular flexibility index (Phi) is 6.26. The van der Waals surface area contributed by atoms with Gasteiger partial charge in [0.2, 0.25) is 0 Å². The van der Waals surface area contributed by atoms with Gasteiger partial charge in [-0.1, -0.05) is 0 Å². The highest BCUT2D eigenvalue weighted by atomic mass is 19.4. The molecule has 1 atom stereocenters. The van der Waals surface area contributed by atoms with E-state index in [0.29, 0.717) is 0 Å². The second-order valence-electron chi connectivity index (χ2n) is 2.87. The van der Waals surface area contributed by atoms with Crippen molar-refractivity contribution in [1.82, 2.24) is 0 Å². The molecule has 0 fully saturated rings. The Morgan fingerprint density at radius 3 is 2.47 bits per heavy atom. The lowest BCUT2D eigenvalue weighted by Gasteiger charge is -2.09. The lowest BCUT2D eigenvalue weighted by Crippen LogP contribution is -2.21. The van der Waals surface area contributed by atoms with Gasteiger partial charge in [-0.15, -0.1) is 0 Å². The molecule has 0 radical (unpaired) electrons. The van der Waals surface area contributed by atoms with Crippen LogP contribution in [0.15, 0.2) is 0 Å². The summed E-state index contributed by atoms with van der Waals surface area (Å²) in [5.41, 5.74) is 0. The maximum Gasteiger partial charge on any atom is 0.411 e. The van der Waals surface area contributed by atoms with Crippen molar-refractivity contribution in [2.24, 2.45) is 0 Å². The van der Waals surface area contributed by atoms with Crippen molar-refractivity contribution in [2.45, 2.75) is 25.6 Å². The van der Waals surface area contributed by atoms with Gasteiger partial charge in [-0.05, 0) is 13.3 Å². The van der Waals surface area contributed by atoms with Gasteiger partial charge in [-0.25, -0.2) is 4.79 Å². The van der Waals surface area contributed by atoms with Gasteiger partial charge in [0.15, 0.2) is 6.10 Å². The number of hydrogen-bond acceptors (Lipinski definition) is 3. The van der Waals surface area contributed by atoms with Crippen LogP contribution in [0.4, 0.5) is 13.2 Å². The number of hydrogen-bond donors (Lipinski definition) is 1. The standard InChI is InChI=1S/C8H13F3O4/c1-6(7(12)13)15-4-2-3-14-5-8(9,10)11/h6H,2-5H2,1H3,(H,12,13). The molecule has 0 aromatic carbocycles. The zero-order valence-corrected chi connectivity index (χ0v) is 8.21. The first kappa shape index (κ1) is 14.2. The Hall–Kier alpha value is -0.820. The molecular weight excluding hydrogens is 217 g/mol. The minimum Gasteiger partial charge on any atom is -0.479 e. The maximum atomic E-state index is 11.6. The predicted molar refractivity (Wildman–Crippen MR) is 44.5 cm³/mol. The van der Waals surface area contributed by atoms with Crippen molar-refractivity contribution in [3.63, 3.8) is 0 Å². The summed E-state index contributed by atoms with van der Waals surface area (Å²) in [4.78, 5) is 10.2. The SMILES string of the molecule is CC(OCCCOCC(F)(F)F)C(=O)O. The van der Waals surface area contributed by atoms with Crippen LogP contribution < -0.4 is 0 Å². The second-order valence-corrected chi connectivity index (χ2v) is 2.87. The Bertz CT molecular complexity index is 193. The fourth-order valence-electron chi connectivity index (χ4n) is 0.680. The third kappa shape index (κ3) is 9.48. The molecule has 15 heavy (non-hydrogen) atoms. The van der Waals surface area contributed by atoms with Gasteiger partial charge in [0, 0.05) is 13.2 Å². The van der Waals surface area contributed by atoms with Crippen LogP contribution in [0.3, 0.4) is 0 Å². The molecule has 0 aliphatic heterocycles. The summed E-state index contributed by atoms with van der Waals surface area (Å²) < 4.78 is 43.8. The van der Waals surface area contributed by atoms with Crippen LogP contribution >= 0.6 is 0 Å². The molecule has 0 saturated heterocycles. The van der Waals surface area contributed by atoms with E-state index in [9.17, 15) is 18.0 Å². The Labute approximate surface area is 85.0 Å². The average molecular weight is 230 g/mol. The molecule has 0 bridgehead atoms. The zero-order chi connectivity index (χ0) is 11.9. The fraction of sp³-hybridized carbons (Fsp3) is 0.875. The monoisotopic (exact) mass is 230 g/mol. The lowest BCUT2D eigenvalue weighted by atomic mass is 10.4. The molecule has 1 unspecified atom stereocenters. The molecule has 0 rings (SSSR count). The van der Waals surface area contributed by atoms with Crippen molar-refractivity contribution in [2.75, 3.05) is 19.8 Å². The molecule has 0 aliphatic carbocycles. The zero-order valence-electron chi connectivity index (χ0n) is 8.21. The smallest absolute Gasteiger partial charge is 0.411 e. The highest BCUT2D eigenvalue weighted by Gasteiger charge is 2.27. The molecule has 0 amide bonds. The molecule has 0 heterocycles. The van der Waals surface area contributed by atoms with Gasteiger partial charge < -0.3 is 14.6 Å². The summed E-state index contributed by atoms with van der Waals surface area (Å²) >= 11 is 0. The molecule has 0 aliphatic rings. The van der Waals surface area contributed by atoms with E-state index in [1.807, 2.05) is 0 Å². The summed E-state index contributed by atoms with van der Waals surface area (Å²) in [5, 5.41) is 8.39. The minimum atomic E-state index is -4.32. The van der Waals surface area contributed by atoms with Gasteiger partial charge in [0.05, 0.1) is 0 Å². The number of carbonyl (C=O) groups is 1. The fourth-order valence-corrected chi connectivity index (χ4v) is 0.680. The Morgan fingerprint density at radius 2 is 2.00 bits per heavy atom. The average Bonchev–Trinajstić information content (AvgIpc) is 2.08. The van der Waals surface area contributed by atoms with E-state index in [0.717, 1.165) is 0 Å². The van der Waals surface area contributed by atoms with Gasteiger partial charge in [-0.3, -0.25) is 0 Å². The number of aliphatic carboxylic acids is 1. The van der Waals surface area contributed by atoms with Gasteiger partial charge in [-0.2, -0.15) is 13.2 Å². The van der Waals surface area contributed by atoms with E-state index < -0.39 is 24.9 Å². The normalized spacial score (nSPS) is 13.9. The molecule has 90 valence electrons. The minimum absolute atomic E-state index is 0.0608. The van der Waals surface area contributed by atoms with Crippen LogP contribution in [-0.2, 0) is 14.3 Å². The van der Waals surface area contributed by atoms with Crippen molar-refractivity contribution in [1.29, 1.82) is 0 Å². The summed E-state index contributed by atoms with van der Waals surface area (Å²) in [7, 11) is 0. The summed E-state index contributed by atoms with van der Waals surface area (Å²) in [6.45, 7) is 0.0115. The number of ether oxygens (including phenoxy) is 2. The lowest BCUT2D eigenvalue weighted by molar-refractivity contribution is -0.174. The third-order valence-electron chi connectivity index (χ3n) is 1.41. The molecule has 0 aromatic heterocycles. The molecule has 0 spiro atoms. The molecule has 0 saturated carbocycles. The van der Waals surface area contributed by atoms with Crippen LogP contribution in [0.1, 0.15) is 13.3 Å². The Balaban J connectivity index is 3.29. The van der Waals surface area contributed by atoms with Crippen molar-refractivity contribution < 1.29 is 32.5 Å². The summed E-state index contributed by atoms with van der Waals surface area (Å²) in [6, 6.07) is 0. The van der Waals surface area contributed by atoms with Gasteiger partial charge in [0.1, 0.15) is 6.61 Å². The summed E-state index contributed by atoms with van der Waals surface area (Å²) in [6.07, 6.45) is -5.05. The first-order chi connectivity index (χ1) is 6.83. The Morgan fingerprint density at radius 1 is 1.40 bits per heavy atom. The number of halogens is 3. The number of carboxylic acid groups (broad SMARTS) is 1. The van der Waals surface area contributed by atoms with E-state index in [1.54, 1.807) is 0 Å².